The molecule has 0 saturated heterocycles. The van der Waals surface area contributed by atoms with Crippen LogP contribution in [-0.4, -0.2) is 47.3 Å². The van der Waals surface area contributed by atoms with Crippen LogP contribution in [0.1, 0.15) is 55.2 Å². The minimum absolute atomic E-state index is 0.00656. The van der Waals surface area contributed by atoms with Crippen molar-refractivity contribution in [1.82, 2.24) is 20.0 Å². The zero-order chi connectivity index (χ0) is 16.1. The Bertz CT molecular complexity index is 487. The summed E-state index contributed by atoms with van der Waals surface area (Å²) in [4.78, 5) is 14.6. The highest BCUT2D eigenvalue weighted by molar-refractivity contribution is 5.92. The van der Waals surface area contributed by atoms with E-state index in [9.17, 15) is 4.79 Å². The maximum atomic E-state index is 12.3. The molecule has 0 unspecified atom stereocenters. The number of nitrogens with one attached hydrogen (secondary N) is 1. The fourth-order valence-corrected chi connectivity index (χ4v) is 3.31. The second-order valence-electron chi connectivity index (χ2n) is 6.74. The average Bonchev–Trinajstić information content (AvgIpc) is 2.86. The van der Waals surface area contributed by atoms with Crippen LogP contribution in [0.5, 0.6) is 0 Å². The standard InChI is InChI=1S/C17H30N4O/c1-5-6-14-11-16(21(4)19-14)17(22)18-12-13-7-9-15(10-8-13)20(2)3/h11,13,15H,5-10,12H2,1-4H3,(H,18,22). The molecule has 1 heterocycles. The number of carbonyl (C=O) groups excluding carboxylic acids is 1. The monoisotopic (exact) mass is 306 g/mol. The van der Waals surface area contributed by atoms with E-state index in [-0.39, 0.29) is 5.91 Å². The molecule has 5 nitrogen and oxygen atoms in total. The maximum absolute atomic E-state index is 12.3. The fourth-order valence-electron chi connectivity index (χ4n) is 3.31. The molecule has 1 amide bonds. The van der Waals surface area contributed by atoms with Gasteiger partial charge in [-0.15, -0.1) is 0 Å². The Labute approximate surface area is 134 Å². The van der Waals surface area contributed by atoms with Gasteiger partial charge in [-0.1, -0.05) is 13.3 Å². The molecular weight excluding hydrogens is 276 g/mol. The maximum Gasteiger partial charge on any atom is 0.269 e. The molecule has 1 aliphatic rings. The van der Waals surface area contributed by atoms with E-state index in [0.717, 1.165) is 25.1 Å². The van der Waals surface area contributed by atoms with Crippen molar-refractivity contribution in [2.24, 2.45) is 13.0 Å². The Hall–Kier alpha value is -1.36. The van der Waals surface area contributed by atoms with Crippen molar-refractivity contribution in [3.05, 3.63) is 17.5 Å². The van der Waals surface area contributed by atoms with Crippen LogP contribution in [0.4, 0.5) is 0 Å². The predicted molar refractivity (Wildman–Crippen MR) is 89.0 cm³/mol. The van der Waals surface area contributed by atoms with Gasteiger partial charge in [0.1, 0.15) is 5.69 Å². The molecule has 1 N–H and O–H groups in total. The lowest BCUT2D eigenvalue weighted by Crippen LogP contribution is -2.36. The summed E-state index contributed by atoms with van der Waals surface area (Å²) in [5.41, 5.74) is 1.67. The molecule has 0 aliphatic heterocycles. The second-order valence-corrected chi connectivity index (χ2v) is 6.74. The van der Waals surface area contributed by atoms with E-state index < -0.39 is 0 Å². The van der Waals surface area contributed by atoms with Gasteiger partial charge in [0.2, 0.25) is 0 Å². The largest absolute Gasteiger partial charge is 0.350 e. The van der Waals surface area contributed by atoms with E-state index in [0.29, 0.717) is 17.7 Å². The summed E-state index contributed by atoms with van der Waals surface area (Å²) in [5, 5.41) is 7.49. The first kappa shape index (κ1) is 17.0. The lowest BCUT2D eigenvalue weighted by atomic mass is 9.85. The summed E-state index contributed by atoms with van der Waals surface area (Å²) in [6, 6.07) is 2.63. The highest BCUT2D eigenvalue weighted by Gasteiger charge is 2.23. The molecule has 0 spiro atoms. The summed E-state index contributed by atoms with van der Waals surface area (Å²) in [7, 11) is 6.16. The Morgan fingerprint density at radius 3 is 2.64 bits per heavy atom. The number of amides is 1. The van der Waals surface area contributed by atoms with Gasteiger partial charge in [-0.25, -0.2) is 0 Å². The van der Waals surface area contributed by atoms with Gasteiger partial charge in [-0.2, -0.15) is 5.10 Å². The zero-order valence-corrected chi connectivity index (χ0v) is 14.4. The predicted octanol–water partition coefficient (Wildman–Crippen LogP) is 2.22. The van der Waals surface area contributed by atoms with Crippen LogP contribution in [-0.2, 0) is 13.5 Å². The average molecular weight is 306 g/mol. The van der Waals surface area contributed by atoms with Crippen molar-refractivity contribution >= 4 is 5.91 Å². The molecule has 0 bridgehead atoms. The molecule has 5 heteroatoms. The number of rotatable bonds is 6. The number of aryl methyl sites for hydroxylation is 2. The minimum Gasteiger partial charge on any atom is -0.350 e. The molecule has 0 aromatic carbocycles. The van der Waals surface area contributed by atoms with Gasteiger partial charge in [-0.3, -0.25) is 9.48 Å². The van der Waals surface area contributed by atoms with Gasteiger partial charge < -0.3 is 10.2 Å². The first-order chi connectivity index (χ1) is 10.5. The first-order valence-electron chi connectivity index (χ1n) is 8.48. The number of hydrogen-bond donors (Lipinski definition) is 1. The van der Waals surface area contributed by atoms with Crippen LogP contribution in [0.15, 0.2) is 6.07 Å². The second kappa shape index (κ2) is 7.77. The van der Waals surface area contributed by atoms with E-state index in [4.69, 9.17) is 0 Å². The highest BCUT2D eigenvalue weighted by atomic mass is 16.2. The molecule has 0 radical (unpaired) electrons. The van der Waals surface area contributed by atoms with Crippen LogP contribution in [0.3, 0.4) is 0 Å². The molecule has 0 atom stereocenters. The first-order valence-corrected chi connectivity index (χ1v) is 8.48. The molecular formula is C17H30N4O. The molecule has 1 aliphatic carbocycles. The molecule has 1 aromatic rings. The van der Waals surface area contributed by atoms with Crippen LogP contribution in [0.25, 0.3) is 0 Å². The van der Waals surface area contributed by atoms with Crippen LogP contribution in [0.2, 0.25) is 0 Å². The van der Waals surface area contributed by atoms with Crippen molar-refractivity contribution in [2.75, 3.05) is 20.6 Å². The van der Waals surface area contributed by atoms with Crippen molar-refractivity contribution in [3.63, 3.8) is 0 Å². The number of carbonyl (C=O) groups is 1. The highest BCUT2D eigenvalue weighted by Crippen LogP contribution is 2.26. The smallest absolute Gasteiger partial charge is 0.269 e. The minimum atomic E-state index is 0.00656. The zero-order valence-electron chi connectivity index (χ0n) is 14.4. The van der Waals surface area contributed by atoms with E-state index in [1.165, 1.54) is 25.7 Å². The van der Waals surface area contributed by atoms with Gasteiger partial charge in [0.05, 0.1) is 5.69 Å². The Morgan fingerprint density at radius 1 is 1.36 bits per heavy atom. The summed E-state index contributed by atoms with van der Waals surface area (Å²) in [5.74, 6) is 0.621. The number of nitrogens with zero attached hydrogens (tertiary/aromatic N) is 3. The third-order valence-electron chi connectivity index (χ3n) is 4.77. The molecule has 1 saturated carbocycles. The van der Waals surface area contributed by atoms with Gasteiger partial charge in [0.25, 0.3) is 5.91 Å². The van der Waals surface area contributed by atoms with Gasteiger partial charge in [-0.05, 0) is 58.2 Å². The third-order valence-corrected chi connectivity index (χ3v) is 4.77. The van der Waals surface area contributed by atoms with Gasteiger partial charge in [0, 0.05) is 19.6 Å². The third kappa shape index (κ3) is 4.32. The number of aromatic nitrogens is 2. The lowest BCUT2D eigenvalue weighted by molar-refractivity contribution is 0.0929. The van der Waals surface area contributed by atoms with Crippen molar-refractivity contribution in [2.45, 2.75) is 51.5 Å². The van der Waals surface area contributed by atoms with Crippen LogP contribution in [0, 0.1) is 5.92 Å². The topological polar surface area (TPSA) is 50.2 Å². The summed E-state index contributed by atoms with van der Waals surface area (Å²) >= 11 is 0. The van der Waals surface area contributed by atoms with Crippen LogP contribution < -0.4 is 5.32 Å². The fraction of sp³-hybridized carbons (Fsp3) is 0.765. The molecule has 22 heavy (non-hydrogen) atoms. The van der Waals surface area contributed by atoms with Crippen molar-refractivity contribution in [3.8, 4) is 0 Å². The number of hydrogen-bond acceptors (Lipinski definition) is 3. The van der Waals surface area contributed by atoms with Crippen molar-refractivity contribution in [1.29, 1.82) is 0 Å². The Balaban J connectivity index is 1.81. The summed E-state index contributed by atoms with van der Waals surface area (Å²) in [6.45, 7) is 2.91. The van der Waals surface area contributed by atoms with Crippen molar-refractivity contribution < 1.29 is 4.79 Å². The van der Waals surface area contributed by atoms with E-state index >= 15 is 0 Å². The van der Waals surface area contributed by atoms with Crippen LogP contribution >= 0.6 is 0 Å². The SMILES string of the molecule is CCCc1cc(C(=O)NCC2CCC(N(C)C)CC2)n(C)n1. The normalized spacial score (nSPS) is 22.0. The lowest BCUT2D eigenvalue weighted by Gasteiger charge is -2.32. The molecule has 1 aromatic heterocycles. The Kier molecular flexibility index (Phi) is 6.00. The molecule has 1 fully saturated rings. The summed E-state index contributed by atoms with van der Waals surface area (Å²) in [6.07, 6.45) is 6.86. The quantitative estimate of drug-likeness (QED) is 0.877. The van der Waals surface area contributed by atoms with Gasteiger partial charge >= 0.3 is 0 Å². The summed E-state index contributed by atoms with van der Waals surface area (Å²) < 4.78 is 1.70. The van der Waals surface area contributed by atoms with E-state index in [2.05, 4.69) is 36.3 Å². The van der Waals surface area contributed by atoms with E-state index in [1.54, 1.807) is 4.68 Å². The Morgan fingerprint density at radius 2 is 2.05 bits per heavy atom. The molecule has 2 rings (SSSR count). The van der Waals surface area contributed by atoms with Gasteiger partial charge in [0.15, 0.2) is 0 Å². The molecule has 124 valence electrons. The van der Waals surface area contributed by atoms with E-state index in [1.807, 2.05) is 13.1 Å².